The van der Waals surface area contributed by atoms with Crippen molar-refractivity contribution in [2.75, 3.05) is 12.9 Å². The van der Waals surface area contributed by atoms with Gasteiger partial charge in [0.1, 0.15) is 6.10 Å². The minimum atomic E-state index is -0.442. The molecule has 1 aliphatic heterocycles. The summed E-state index contributed by atoms with van der Waals surface area (Å²) in [5.74, 6) is 0.985. The summed E-state index contributed by atoms with van der Waals surface area (Å²) in [6.45, 7) is 0. The van der Waals surface area contributed by atoms with Gasteiger partial charge in [-0.1, -0.05) is 53.5 Å². The fraction of sp³-hybridized carbons (Fsp3) is 0.474. The van der Waals surface area contributed by atoms with Crippen molar-refractivity contribution in [2.24, 2.45) is 5.16 Å². The van der Waals surface area contributed by atoms with Crippen LogP contribution >= 0.6 is 23.4 Å². The third-order valence-electron chi connectivity index (χ3n) is 5.02. The van der Waals surface area contributed by atoms with Gasteiger partial charge in [0.25, 0.3) is 0 Å². The van der Waals surface area contributed by atoms with Crippen molar-refractivity contribution >= 4 is 35.0 Å². The molecule has 2 aromatic rings. The molecule has 0 N–H and O–H groups in total. The first-order chi connectivity index (χ1) is 13.7. The third kappa shape index (κ3) is 3.89. The van der Waals surface area contributed by atoms with Crippen molar-refractivity contribution in [3.8, 4) is 11.4 Å². The van der Waals surface area contributed by atoms with Crippen LogP contribution in [0.5, 0.6) is 0 Å². The molecule has 0 amide bonds. The highest BCUT2D eigenvalue weighted by molar-refractivity contribution is 7.99. The Hall–Kier alpha value is -2.06. The van der Waals surface area contributed by atoms with E-state index in [2.05, 4.69) is 19.9 Å². The van der Waals surface area contributed by atoms with Gasteiger partial charge < -0.3 is 9.57 Å². The minimum Gasteiger partial charge on any atom is -0.464 e. The summed E-state index contributed by atoms with van der Waals surface area (Å²) >= 11 is 7.99. The molecular weight excluding hydrogens is 400 g/mol. The van der Waals surface area contributed by atoms with Crippen LogP contribution in [0.4, 0.5) is 0 Å². The number of halogens is 1. The smallest absolute Gasteiger partial charge is 0.355 e. The number of aromatic nitrogens is 3. The Morgan fingerprint density at radius 1 is 1.32 bits per heavy atom. The molecule has 9 heteroatoms. The van der Waals surface area contributed by atoms with Crippen LogP contribution in [0, 0.1) is 0 Å². The Bertz CT molecular complexity index is 895. The molecule has 7 nitrogen and oxygen atoms in total. The lowest BCUT2D eigenvalue weighted by molar-refractivity contribution is -0.132. The first-order valence-electron chi connectivity index (χ1n) is 9.31. The van der Waals surface area contributed by atoms with Crippen molar-refractivity contribution < 1.29 is 14.4 Å². The Labute approximate surface area is 172 Å². The standard InChI is InChI=1S/C19H21ClN4O3S/c1-26-18(25)16-10-13(27-23-16)11-28-19-22-21-17(14-8-4-5-9-15(14)20)24(19)12-6-2-3-7-12/h4-5,8-9,12-13H,2-3,6-7,10-11H2,1H3/t13-/m0/s1. The van der Waals surface area contributed by atoms with E-state index in [1.54, 1.807) is 11.8 Å². The summed E-state index contributed by atoms with van der Waals surface area (Å²) < 4.78 is 6.92. The van der Waals surface area contributed by atoms with E-state index in [1.165, 1.54) is 20.0 Å². The second-order valence-corrected chi connectivity index (χ2v) is 8.26. The maximum absolute atomic E-state index is 11.6. The average Bonchev–Trinajstić information content (AvgIpc) is 3.45. The van der Waals surface area contributed by atoms with Crippen molar-refractivity contribution in [3.63, 3.8) is 0 Å². The second-order valence-electron chi connectivity index (χ2n) is 6.87. The van der Waals surface area contributed by atoms with E-state index in [4.69, 9.17) is 21.2 Å². The zero-order valence-electron chi connectivity index (χ0n) is 15.5. The van der Waals surface area contributed by atoms with Gasteiger partial charge in [-0.15, -0.1) is 10.2 Å². The maximum Gasteiger partial charge on any atom is 0.355 e. The largest absolute Gasteiger partial charge is 0.464 e. The highest BCUT2D eigenvalue weighted by Crippen LogP contribution is 2.38. The van der Waals surface area contributed by atoms with Crippen molar-refractivity contribution in [1.29, 1.82) is 0 Å². The maximum atomic E-state index is 11.6. The SMILES string of the molecule is COC(=O)C1=NO[C@H](CSc2nnc(-c3ccccc3Cl)n2C2CCCC2)C1. The summed E-state index contributed by atoms with van der Waals surface area (Å²) in [6, 6.07) is 8.08. The van der Waals surface area contributed by atoms with Crippen LogP contribution in [0.2, 0.25) is 5.02 Å². The van der Waals surface area contributed by atoms with Gasteiger partial charge in [0.15, 0.2) is 16.7 Å². The van der Waals surface area contributed by atoms with Crippen LogP contribution in [0.3, 0.4) is 0 Å². The van der Waals surface area contributed by atoms with Crippen LogP contribution in [-0.2, 0) is 14.4 Å². The predicted octanol–water partition coefficient (Wildman–Crippen LogP) is 4.12. The van der Waals surface area contributed by atoms with Gasteiger partial charge in [0, 0.05) is 23.8 Å². The highest BCUT2D eigenvalue weighted by Gasteiger charge is 2.29. The minimum absolute atomic E-state index is 0.184. The molecule has 0 saturated heterocycles. The fourth-order valence-corrected chi connectivity index (χ4v) is 4.82. The molecule has 148 valence electrons. The van der Waals surface area contributed by atoms with Gasteiger partial charge in [-0.25, -0.2) is 4.79 Å². The van der Waals surface area contributed by atoms with Gasteiger partial charge >= 0.3 is 5.97 Å². The number of carbonyl (C=O) groups excluding carboxylic acids is 1. The Morgan fingerprint density at radius 3 is 2.86 bits per heavy atom. The van der Waals surface area contributed by atoms with Crippen molar-refractivity contribution in [2.45, 2.75) is 49.4 Å². The van der Waals surface area contributed by atoms with E-state index in [0.29, 0.717) is 28.9 Å². The van der Waals surface area contributed by atoms with Gasteiger partial charge in [-0.2, -0.15) is 0 Å². The molecule has 1 aromatic heterocycles. The lowest BCUT2D eigenvalue weighted by Gasteiger charge is -2.17. The topological polar surface area (TPSA) is 78.6 Å². The first-order valence-corrected chi connectivity index (χ1v) is 10.7. The molecule has 0 spiro atoms. The monoisotopic (exact) mass is 420 g/mol. The van der Waals surface area contributed by atoms with Gasteiger partial charge in [0.05, 0.1) is 12.1 Å². The number of hydrogen-bond acceptors (Lipinski definition) is 7. The fourth-order valence-electron chi connectivity index (χ4n) is 3.62. The Morgan fingerprint density at radius 2 is 2.11 bits per heavy atom. The van der Waals surface area contributed by atoms with Crippen molar-refractivity contribution in [3.05, 3.63) is 29.3 Å². The zero-order valence-corrected chi connectivity index (χ0v) is 17.1. The van der Waals surface area contributed by atoms with Gasteiger partial charge in [0.2, 0.25) is 0 Å². The molecule has 1 saturated carbocycles. The Balaban J connectivity index is 1.53. The lowest BCUT2D eigenvalue weighted by atomic mass is 10.2. The van der Waals surface area contributed by atoms with E-state index in [-0.39, 0.29) is 6.10 Å². The summed E-state index contributed by atoms with van der Waals surface area (Å²) in [7, 11) is 1.34. The van der Waals surface area contributed by atoms with Crippen LogP contribution in [0.25, 0.3) is 11.4 Å². The quantitative estimate of drug-likeness (QED) is 0.516. The summed E-state index contributed by atoms with van der Waals surface area (Å²) in [5, 5.41) is 14.2. The van der Waals surface area contributed by atoms with Crippen LogP contribution in [0.1, 0.15) is 38.1 Å². The average molecular weight is 421 g/mol. The van der Waals surface area contributed by atoms with Gasteiger partial charge in [-0.3, -0.25) is 4.57 Å². The number of methoxy groups -OCH3 is 1. The normalized spacial score (nSPS) is 19.5. The molecule has 4 rings (SSSR count). The first kappa shape index (κ1) is 19.3. The molecule has 0 radical (unpaired) electrons. The molecule has 0 bridgehead atoms. The number of esters is 1. The summed E-state index contributed by atoms with van der Waals surface area (Å²) in [5.41, 5.74) is 1.21. The summed E-state index contributed by atoms with van der Waals surface area (Å²) in [6.07, 6.45) is 4.89. The van der Waals surface area contributed by atoms with Gasteiger partial charge in [-0.05, 0) is 25.0 Å². The summed E-state index contributed by atoms with van der Waals surface area (Å²) in [4.78, 5) is 16.9. The van der Waals surface area contributed by atoms with E-state index in [0.717, 1.165) is 29.4 Å². The predicted molar refractivity (Wildman–Crippen MR) is 108 cm³/mol. The zero-order chi connectivity index (χ0) is 19.5. The number of hydrogen-bond donors (Lipinski definition) is 0. The number of carbonyl (C=O) groups is 1. The highest BCUT2D eigenvalue weighted by atomic mass is 35.5. The lowest BCUT2D eigenvalue weighted by Crippen LogP contribution is -2.18. The van der Waals surface area contributed by atoms with Crippen LogP contribution in [-0.4, -0.2) is 45.4 Å². The number of oxime groups is 1. The van der Waals surface area contributed by atoms with E-state index in [1.807, 2.05) is 24.3 Å². The molecule has 2 heterocycles. The van der Waals surface area contributed by atoms with Crippen molar-refractivity contribution in [1.82, 2.24) is 14.8 Å². The molecule has 2 aliphatic rings. The molecule has 1 aliphatic carbocycles. The number of rotatable bonds is 6. The molecule has 0 unspecified atom stereocenters. The van der Waals surface area contributed by atoms with Crippen LogP contribution < -0.4 is 0 Å². The molecule has 1 aromatic carbocycles. The van der Waals surface area contributed by atoms with E-state index >= 15 is 0 Å². The molecular formula is C19H21ClN4O3S. The number of ether oxygens (including phenoxy) is 1. The Kier molecular flexibility index (Phi) is 5.87. The van der Waals surface area contributed by atoms with E-state index in [9.17, 15) is 4.79 Å². The molecule has 28 heavy (non-hydrogen) atoms. The number of nitrogens with zero attached hydrogens (tertiary/aromatic N) is 4. The molecule has 1 atom stereocenters. The second kappa shape index (κ2) is 8.53. The van der Waals surface area contributed by atoms with Crippen LogP contribution in [0.15, 0.2) is 34.6 Å². The third-order valence-corrected chi connectivity index (χ3v) is 6.43. The molecule has 1 fully saturated rings. The van der Waals surface area contributed by atoms with E-state index < -0.39 is 5.97 Å². The number of benzene rings is 1. The number of thioether (sulfide) groups is 1.